The van der Waals surface area contributed by atoms with E-state index < -0.39 is 0 Å². The van der Waals surface area contributed by atoms with Gasteiger partial charge in [-0.05, 0) is 43.9 Å². The lowest BCUT2D eigenvalue weighted by Gasteiger charge is -1.91. The van der Waals surface area contributed by atoms with Crippen molar-refractivity contribution in [1.29, 1.82) is 0 Å². The Labute approximate surface area is 99.1 Å². The second kappa shape index (κ2) is 4.95. The summed E-state index contributed by atoms with van der Waals surface area (Å²) in [5, 5.41) is 1.24. The van der Waals surface area contributed by atoms with Crippen molar-refractivity contribution in [3.8, 4) is 0 Å². The summed E-state index contributed by atoms with van der Waals surface area (Å²) in [4.78, 5) is 4.60. The largest absolute Gasteiger partial charge is 0.241 e. The minimum absolute atomic E-state index is 0.754. The molecule has 0 saturated heterocycles. The number of thiazole rings is 1. The fourth-order valence-electron chi connectivity index (χ4n) is 1.56. The third-order valence-corrected chi connectivity index (χ3v) is 3.71. The summed E-state index contributed by atoms with van der Waals surface area (Å²) in [6.45, 7) is 2.12. The van der Waals surface area contributed by atoms with Crippen LogP contribution in [0.3, 0.4) is 0 Å². The van der Waals surface area contributed by atoms with Crippen LogP contribution in [0.15, 0.2) is 18.2 Å². The van der Waals surface area contributed by atoms with Gasteiger partial charge in [-0.25, -0.2) is 4.98 Å². The first-order valence-corrected chi connectivity index (χ1v) is 6.57. The average molecular weight is 240 g/mol. The van der Waals surface area contributed by atoms with Crippen LogP contribution in [-0.2, 0) is 6.42 Å². The maximum atomic E-state index is 5.65. The highest BCUT2D eigenvalue weighted by Gasteiger charge is 2.03. The number of alkyl halides is 1. The zero-order valence-electron chi connectivity index (χ0n) is 8.79. The smallest absolute Gasteiger partial charge is 0.0938 e. The number of nitrogens with zero attached hydrogens (tertiary/aromatic N) is 1. The number of aryl methyl sites for hydroxylation is 2. The standard InChI is InChI=1S/C12H14ClNS/c1-9-5-6-10-11(8-9)15-12(14-10)4-2-3-7-13/h5-6,8H,2-4,7H2,1H3. The fraction of sp³-hybridized carbons (Fsp3) is 0.417. The van der Waals surface area contributed by atoms with Gasteiger partial charge in [-0.1, -0.05) is 6.07 Å². The van der Waals surface area contributed by atoms with Gasteiger partial charge in [0.05, 0.1) is 15.2 Å². The van der Waals surface area contributed by atoms with Crippen LogP contribution in [0.5, 0.6) is 0 Å². The summed E-state index contributed by atoms with van der Waals surface area (Å²) in [6, 6.07) is 6.43. The molecule has 0 bridgehead atoms. The van der Waals surface area contributed by atoms with Crippen molar-refractivity contribution < 1.29 is 0 Å². The van der Waals surface area contributed by atoms with Crippen LogP contribution in [0.4, 0.5) is 0 Å². The minimum Gasteiger partial charge on any atom is -0.241 e. The van der Waals surface area contributed by atoms with Crippen molar-refractivity contribution in [2.24, 2.45) is 0 Å². The van der Waals surface area contributed by atoms with E-state index in [0.717, 1.165) is 30.7 Å². The van der Waals surface area contributed by atoms with E-state index in [1.807, 2.05) is 11.3 Å². The minimum atomic E-state index is 0.754. The normalized spacial score (nSPS) is 11.1. The number of hydrogen-bond acceptors (Lipinski definition) is 2. The molecule has 0 aliphatic heterocycles. The van der Waals surface area contributed by atoms with E-state index >= 15 is 0 Å². The van der Waals surface area contributed by atoms with E-state index in [2.05, 4.69) is 30.1 Å². The second-order valence-electron chi connectivity index (χ2n) is 3.72. The first kappa shape index (κ1) is 10.9. The quantitative estimate of drug-likeness (QED) is 0.577. The lowest BCUT2D eigenvalue weighted by molar-refractivity contribution is 0.796. The summed E-state index contributed by atoms with van der Waals surface area (Å²) in [7, 11) is 0. The van der Waals surface area contributed by atoms with Crippen molar-refractivity contribution in [3.63, 3.8) is 0 Å². The van der Waals surface area contributed by atoms with Gasteiger partial charge in [0, 0.05) is 5.88 Å². The van der Waals surface area contributed by atoms with Crippen molar-refractivity contribution in [1.82, 2.24) is 4.98 Å². The second-order valence-corrected chi connectivity index (χ2v) is 5.22. The summed E-state index contributed by atoms with van der Waals surface area (Å²) in [5.41, 5.74) is 2.44. The summed E-state index contributed by atoms with van der Waals surface area (Å²) >= 11 is 7.46. The highest BCUT2D eigenvalue weighted by Crippen LogP contribution is 2.24. The first-order valence-electron chi connectivity index (χ1n) is 5.21. The van der Waals surface area contributed by atoms with Gasteiger partial charge in [0.25, 0.3) is 0 Å². The Hall–Kier alpha value is -0.600. The van der Waals surface area contributed by atoms with Crippen LogP contribution in [0.1, 0.15) is 23.4 Å². The Morgan fingerprint density at radius 3 is 3.00 bits per heavy atom. The Morgan fingerprint density at radius 1 is 1.33 bits per heavy atom. The fourth-order valence-corrected chi connectivity index (χ4v) is 2.85. The molecule has 3 heteroatoms. The van der Waals surface area contributed by atoms with Gasteiger partial charge in [0.1, 0.15) is 0 Å². The Kier molecular flexibility index (Phi) is 3.60. The zero-order chi connectivity index (χ0) is 10.7. The van der Waals surface area contributed by atoms with Crippen molar-refractivity contribution >= 4 is 33.2 Å². The monoisotopic (exact) mass is 239 g/mol. The number of unbranched alkanes of at least 4 members (excludes halogenated alkanes) is 1. The molecule has 0 atom stereocenters. The van der Waals surface area contributed by atoms with Crippen molar-refractivity contribution in [2.75, 3.05) is 5.88 Å². The Bertz CT molecular complexity index is 450. The molecule has 2 aromatic rings. The predicted octanol–water partition coefficient (Wildman–Crippen LogP) is 4.17. The molecule has 0 radical (unpaired) electrons. The van der Waals surface area contributed by atoms with E-state index in [9.17, 15) is 0 Å². The number of hydrogen-bond donors (Lipinski definition) is 0. The third kappa shape index (κ3) is 2.70. The van der Waals surface area contributed by atoms with Crippen LogP contribution in [0.25, 0.3) is 10.2 Å². The summed E-state index contributed by atoms with van der Waals surface area (Å²) in [6.07, 6.45) is 3.28. The van der Waals surface area contributed by atoms with E-state index in [0.29, 0.717) is 0 Å². The SMILES string of the molecule is Cc1ccc2nc(CCCCCl)sc2c1. The maximum absolute atomic E-state index is 5.65. The van der Waals surface area contributed by atoms with Crippen LogP contribution < -0.4 is 0 Å². The maximum Gasteiger partial charge on any atom is 0.0938 e. The number of aromatic nitrogens is 1. The van der Waals surface area contributed by atoms with E-state index in [1.54, 1.807) is 0 Å². The van der Waals surface area contributed by atoms with Crippen LogP contribution in [0.2, 0.25) is 0 Å². The molecule has 0 unspecified atom stereocenters. The van der Waals surface area contributed by atoms with Gasteiger partial charge >= 0.3 is 0 Å². The van der Waals surface area contributed by atoms with Crippen LogP contribution in [-0.4, -0.2) is 10.9 Å². The van der Waals surface area contributed by atoms with Gasteiger partial charge < -0.3 is 0 Å². The van der Waals surface area contributed by atoms with E-state index in [1.165, 1.54) is 15.3 Å². The van der Waals surface area contributed by atoms with Gasteiger partial charge in [-0.3, -0.25) is 0 Å². The number of benzene rings is 1. The van der Waals surface area contributed by atoms with Gasteiger partial charge in [0.2, 0.25) is 0 Å². The Morgan fingerprint density at radius 2 is 2.20 bits per heavy atom. The van der Waals surface area contributed by atoms with Crippen LogP contribution in [0, 0.1) is 6.92 Å². The lowest BCUT2D eigenvalue weighted by Crippen LogP contribution is -1.84. The molecule has 1 heterocycles. The van der Waals surface area contributed by atoms with Crippen LogP contribution >= 0.6 is 22.9 Å². The average Bonchev–Trinajstić information content (AvgIpc) is 2.60. The Balaban J connectivity index is 2.16. The van der Waals surface area contributed by atoms with Crippen molar-refractivity contribution in [3.05, 3.63) is 28.8 Å². The molecule has 1 nitrogen and oxygen atoms in total. The number of fused-ring (bicyclic) bond motifs is 1. The number of halogens is 1. The first-order chi connectivity index (χ1) is 7.29. The predicted molar refractivity (Wildman–Crippen MR) is 68.0 cm³/mol. The molecule has 0 saturated carbocycles. The number of rotatable bonds is 4. The molecular weight excluding hydrogens is 226 g/mol. The van der Waals surface area contributed by atoms with Crippen molar-refractivity contribution in [2.45, 2.75) is 26.2 Å². The lowest BCUT2D eigenvalue weighted by atomic mass is 10.2. The molecule has 0 aliphatic rings. The summed E-state index contributed by atoms with van der Waals surface area (Å²) in [5.74, 6) is 0.754. The topological polar surface area (TPSA) is 12.9 Å². The highest BCUT2D eigenvalue weighted by molar-refractivity contribution is 7.18. The van der Waals surface area contributed by atoms with E-state index in [-0.39, 0.29) is 0 Å². The molecule has 2 rings (SSSR count). The summed E-state index contributed by atoms with van der Waals surface area (Å²) < 4.78 is 1.30. The molecule has 1 aromatic heterocycles. The van der Waals surface area contributed by atoms with E-state index in [4.69, 9.17) is 11.6 Å². The molecule has 0 N–H and O–H groups in total. The molecule has 0 aliphatic carbocycles. The molecule has 1 aromatic carbocycles. The molecule has 0 fully saturated rings. The molecule has 0 spiro atoms. The zero-order valence-corrected chi connectivity index (χ0v) is 10.4. The third-order valence-electron chi connectivity index (χ3n) is 2.36. The van der Waals surface area contributed by atoms with Gasteiger partial charge in [0.15, 0.2) is 0 Å². The van der Waals surface area contributed by atoms with Gasteiger partial charge in [-0.15, -0.1) is 22.9 Å². The molecule has 15 heavy (non-hydrogen) atoms. The van der Waals surface area contributed by atoms with Gasteiger partial charge in [-0.2, -0.15) is 0 Å². The molecule has 0 amide bonds. The molecule has 80 valence electrons. The molecular formula is C12H14ClNS. The highest BCUT2D eigenvalue weighted by atomic mass is 35.5.